The number of halogens is 3. The second kappa shape index (κ2) is 11.2. The number of methoxy groups -OCH3 is 1. The molecule has 11 heteroatoms. The minimum atomic E-state index is -1.16. The van der Waals surface area contributed by atoms with Crippen LogP contribution in [0.15, 0.2) is 77.9 Å². The lowest BCUT2D eigenvalue weighted by atomic mass is 10.0. The number of carbonyl (C=O) groups is 2. The first kappa shape index (κ1) is 26.5. The van der Waals surface area contributed by atoms with Crippen LogP contribution in [-0.2, 0) is 11.2 Å². The molecule has 0 saturated heterocycles. The Labute approximate surface area is 220 Å². The highest BCUT2D eigenvalue weighted by molar-refractivity contribution is 6.30. The van der Waals surface area contributed by atoms with Crippen molar-refractivity contribution in [3.05, 3.63) is 111 Å². The fourth-order valence-corrected chi connectivity index (χ4v) is 4.07. The lowest BCUT2D eigenvalue weighted by Crippen LogP contribution is -2.34. The first-order valence-electron chi connectivity index (χ1n) is 11.2. The van der Waals surface area contributed by atoms with E-state index in [0.717, 1.165) is 22.8 Å². The summed E-state index contributed by atoms with van der Waals surface area (Å²) < 4.78 is 35.4. The van der Waals surface area contributed by atoms with Crippen LogP contribution in [0.2, 0.25) is 5.02 Å². The van der Waals surface area contributed by atoms with E-state index in [1.54, 1.807) is 18.2 Å². The highest BCUT2D eigenvalue weighted by atomic mass is 35.5. The van der Waals surface area contributed by atoms with Gasteiger partial charge in [0.05, 0.1) is 18.9 Å². The summed E-state index contributed by atoms with van der Waals surface area (Å²) in [5.74, 6) is -3.05. The molecule has 3 N–H and O–H groups in total. The number of nitrogens with two attached hydrogens (primary N) is 1. The Balaban J connectivity index is 1.77. The molecule has 0 aliphatic heterocycles. The van der Waals surface area contributed by atoms with Gasteiger partial charge in [-0.1, -0.05) is 17.7 Å². The summed E-state index contributed by atoms with van der Waals surface area (Å²) in [6.07, 6.45) is 2.82. The number of anilines is 1. The smallest absolute Gasteiger partial charge is 0.252 e. The van der Waals surface area contributed by atoms with E-state index >= 15 is 0 Å². The predicted octanol–water partition coefficient (Wildman–Crippen LogP) is 4.37. The van der Waals surface area contributed by atoms with Crippen molar-refractivity contribution in [1.82, 2.24) is 9.55 Å². The monoisotopic (exact) mass is 538 g/mol. The van der Waals surface area contributed by atoms with Gasteiger partial charge in [0.1, 0.15) is 23.4 Å². The van der Waals surface area contributed by atoms with Crippen molar-refractivity contribution in [1.29, 1.82) is 0 Å². The zero-order valence-corrected chi connectivity index (χ0v) is 20.7. The summed E-state index contributed by atoms with van der Waals surface area (Å²) >= 11 is 6.03. The molecule has 0 fully saturated rings. The zero-order chi connectivity index (χ0) is 27.4. The van der Waals surface area contributed by atoms with Crippen molar-refractivity contribution in [3.8, 4) is 16.9 Å². The van der Waals surface area contributed by atoms with Gasteiger partial charge in [0, 0.05) is 46.2 Å². The summed E-state index contributed by atoms with van der Waals surface area (Å²) in [4.78, 5) is 42.3. The van der Waals surface area contributed by atoms with Gasteiger partial charge >= 0.3 is 0 Å². The molecular formula is C27H21ClF2N4O4. The zero-order valence-electron chi connectivity index (χ0n) is 20.0. The number of aromatic nitrogens is 2. The molecule has 0 aliphatic carbocycles. The van der Waals surface area contributed by atoms with Gasteiger partial charge in [0.15, 0.2) is 0 Å². The van der Waals surface area contributed by atoms with Gasteiger partial charge in [-0.05, 0) is 48.5 Å². The molecule has 0 spiro atoms. The van der Waals surface area contributed by atoms with Gasteiger partial charge in [0.2, 0.25) is 5.91 Å². The Bertz CT molecular complexity index is 1580. The Morgan fingerprint density at radius 1 is 1.08 bits per heavy atom. The minimum absolute atomic E-state index is 0.0114. The van der Waals surface area contributed by atoms with Crippen molar-refractivity contribution in [2.24, 2.45) is 5.73 Å². The maximum Gasteiger partial charge on any atom is 0.252 e. The predicted molar refractivity (Wildman–Crippen MR) is 138 cm³/mol. The maximum absolute atomic E-state index is 14.6. The highest BCUT2D eigenvalue weighted by Crippen LogP contribution is 2.33. The van der Waals surface area contributed by atoms with E-state index in [1.807, 2.05) is 0 Å². The average molecular weight is 539 g/mol. The second-order valence-electron chi connectivity index (χ2n) is 8.21. The molecule has 4 aromatic rings. The van der Waals surface area contributed by atoms with Crippen molar-refractivity contribution < 1.29 is 23.1 Å². The van der Waals surface area contributed by atoms with Crippen LogP contribution >= 0.6 is 11.6 Å². The quantitative estimate of drug-likeness (QED) is 0.345. The topological polar surface area (TPSA) is 116 Å². The first-order chi connectivity index (χ1) is 18.2. The number of rotatable bonds is 8. The number of pyridine rings is 2. The van der Waals surface area contributed by atoms with Crippen LogP contribution in [-0.4, -0.2) is 28.5 Å². The number of amides is 2. The molecule has 38 heavy (non-hydrogen) atoms. The number of nitrogens with zero attached hydrogens (tertiary/aromatic N) is 2. The summed E-state index contributed by atoms with van der Waals surface area (Å²) in [5, 5.41) is 2.82. The number of ether oxygens (including phenoxy) is 1. The number of carbonyl (C=O) groups excluding carboxylic acids is 2. The fourth-order valence-electron chi connectivity index (χ4n) is 3.90. The number of hydrogen-bond acceptors (Lipinski definition) is 5. The molecule has 0 bridgehead atoms. The molecule has 2 aromatic carbocycles. The first-order valence-corrected chi connectivity index (χ1v) is 11.6. The van der Waals surface area contributed by atoms with Crippen LogP contribution in [0.4, 0.5) is 14.5 Å². The van der Waals surface area contributed by atoms with Crippen molar-refractivity contribution >= 4 is 29.1 Å². The van der Waals surface area contributed by atoms with Gasteiger partial charge in [-0.2, -0.15) is 0 Å². The molecule has 1 atom stereocenters. The highest BCUT2D eigenvalue weighted by Gasteiger charge is 2.25. The molecular weight excluding hydrogens is 518 g/mol. The van der Waals surface area contributed by atoms with Gasteiger partial charge in [0.25, 0.3) is 11.5 Å². The van der Waals surface area contributed by atoms with E-state index in [1.165, 1.54) is 43.8 Å². The molecule has 0 aliphatic rings. The van der Waals surface area contributed by atoms with Crippen molar-refractivity contribution in [2.75, 3.05) is 12.4 Å². The van der Waals surface area contributed by atoms with Crippen LogP contribution in [0.5, 0.6) is 5.75 Å². The molecule has 0 saturated carbocycles. The summed E-state index contributed by atoms with van der Waals surface area (Å²) in [7, 11) is 1.34. The third-order valence-corrected chi connectivity index (χ3v) is 5.99. The summed E-state index contributed by atoms with van der Waals surface area (Å²) in [6.45, 7) is 0. The Kier molecular flexibility index (Phi) is 7.82. The van der Waals surface area contributed by atoms with E-state index in [0.29, 0.717) is 5.69 Å². The van der Waals surface area contributed by atoms with Gasteiger partial charge in [-0.25, -0.2) is 8.78 Å². The lowest BCUT2D eigenvalue weighted by molar-refractivity contribution is -0.119. The van der Waals surface area contributed by atoms with Gasteiger partial charge in [-0.15, -0.1) is 0 Å². The largest absolute Gasteiger partial charge is 0.495 e. The number of benzene rings is 2. The van der Waals surface area contributed by atoms with Crippen LogP contribution in [0.3, 0.4) is 0 Å². The molecule has 4 rings (SSSR count). The molecule has 2 heterocycles. The lowest BCUT2D eigenvalue weighted by Gasteiger charge is -2.21. The molecule has 2 amide bonds. The number of nitrogens with one attached hydrogen (secondary N) is 1. The minimum Gasteiger partial charge on any atom is -0.495 e. The number of primary amides is 1. The molecule has 2 aromatic heterocycles. The maximum atomic E-state index is 14.6. The van der Waals surface area contributed by atoms with Crippen LogP contribution in [0.25, 0.3) is 11.1 Å². The van der Waals surface area contributed by atoms with Gasteiger partial charge in [-0.3, -0.25) is 23.9 Å². The van der Waals surface area contributed by atoms with E-state index in [2.05, 4.69) is 10.3 Å². The third-order valence-electron chi connectivity index (χ3n) is 5.75. The van der Waals surface area contributed by atoms with Crippen LogP contribution in [0, 0.1) is 11.6 Å². The second-order valence-corrected chi connectivity index (χ2v) is 8.65. The summed E-state index contributed by atoms with van der Waals surface area (Å²) in [5.41, 5.74) is 4.91. The Hall–Kier alpha value is -4.57. The molecule has 8 nitrogen and oxygen atoms in total. The van der Waals surface area contributed by atoms with Crippen molar-refractivity contribution in [2.45, 2.75) is 12.5 Å². The van der Waals surface area contributed by atoms with E-state index in [4.69, 9.17) is 22.1 Å². The molecule has 194 valence electrons. The molecule has 0 radical (unpaired) electrons. The van der Waals surface area contributed by atoms with Crippen LogP contribution < -0.4 is 21.3 Å². The standard InChI is InChI=1S/C27H21ClF2N4O4/c1-38-24-14-34(25(35)13-20(24)19-10-15(28)5-8-21(19)29)23(12-16-4-2-3-9-32-16)27(37)33-17-6-7-18(26(31)36)22(30)11-17/h2-11,13-14,23H,12H2,1H3,(H2,31,36)(H,33,37). The Morgan fingerprint density at radius 2 is 1.87 bits per heavy atom. The van der Waals surface area contributed by atoms with Crippen LogP contribution in [0.1, 0.15) is 22.1 Å². The average Bonchev–Trinajstić information content (AvgIpc) is 2.89. The van der Waals surface area contributed by atoms with E-state index in [9.17, 15) is 23.2 Å². The number of hydrogen-bond donors (Lipinski definition) is 2. The van der Waals surface area contributed by atoms with E-state index in [-0.39, 0.29) is 39.6 Å². The molecule has 1 unspecified atom stereocenters. The SMILES string of the molecule is COc1cn(C(Cc2ccccn2)C(=O)Nc2ccc(C(N)=O)c(F)c2)c(=O)cc1-c1cc(Cl)ccc1F. The van der Waals surface area contributed by atoms with Crippen molar-refractivity contribution in [3.63, 3.8) is 0 Å². The fraction of sp³-hybridized carbons (Fsp3) is 0.111. The normalized spacial score (nSPS) is 11.6. The van der Waals surface area contributed by atoms with E-state index < -0.39 is 35.0 Å². The van der Waals surface area contributed by atoms with Gasteiger partial charge < -0.3 is 15.8 Å². The summed E-state index contributed by atoms with van der Waals surface area (Å²) in [6, 6.07) is 12.4. The Morgan fingerprint density at radius 3 is 2.53 bits per heavy atom. The third kappa shape index (κ3) is 5.70.